The number of hydrogen-bond donors (Lipinski definition) is 1. The molecule has 0 aliphatic heterocycles. The number of pyridine rings is 1. The van der Waals surface area contributed by atoms with E-state index in [1.807, 2.05) is 0 Å². The molecule has 2 rings (SSSR count). The minimum atomic E-state index is -0.231. The highest BCUT2D eigenvalue weighted by Crippen LogP contribution is 2.13. The van der Waals surface area contributed by atoms with E-state index in [4.69, 9.17) is 16.0 Å². The fourth-order valence-corrected chi connectivity index (χ4v) is 0.984. The van der Waals surface area contributed by atoms with Crippen LogP contribution in [0.2, 0.25) is 5.35 Å². The molecule has 4 nitrogen and oxygen atoms in total. The van der Waals surface area contributed by atoms with E-state index in [0.717, 1.165) is 0 Å². The average Bonchev–Trinajstić information content (AvgIpc) is 2.27. The Bertz CT molecular complexity index is 445. The molecular weight excluding hydrogens is 168 g/mol. The summed E-state index contributed by atoms with van der Waals surface area (Å²) in [6, 6.07) is 2.91. The topological polar surface area (TPSA) is 58.9 Å². The van der Waals surface area contributed by atoms with Gasteiger partial charge in [0.2, 0.25) is 5.71 Å². The van der Waals surface area contributed by atoms with E-state index in [2.05, 4.69) is 9.97 Å². The third-order valence-corrected chi connectivity index (χ3v) is 1.42. The highest BCUT2D eigenvalue weighted by atomic mass is 35.5. The second-order valence-electron chi connectivity index (χ2n) is 2.00. The minimum absolute atomic E-state index is 0.0295. The molecule has 2 aromatic rings. The zero-order chi connectivity index (χ0) is 7.84. The van der Waals surface area contributed by atoms with Crippen LogP contribution >= 0.6 is 11.6 Å². The van der Waals surface area contributed by atoms with Gasteiger partial charge in [0.15, 0.2) is 0 Å². The number of H-pyrrole nitrogens is 1. The van der Waals surface area contributed by atoms with E-state index in [0.29, 0.717) is 11.2 Å². The number of fused-ring (bicyclic) bond motifs is 1. The fraction of sp³-hybridized carbons (Fsp3) is 0. The number of aromatic nitrogens is 2. The number of oxazole rings is 1. The minimum Gasteiger partial charge on any atom is -0.410 e. The molecule has 0 unspecified atom stereocenters. The van der Waals surface area contributed by atoms with Crippen LogP contribution in [0.1, 0.15) is 0 Å². The molecule has 0 saturated carbocycles. The Morgan fingerprint density at radius 2 is 2.36 bits per heavy atom. The molecule has 1 N–H and O–H groups in total. The Hall–Kier alpha value is -1.29. The summed E-state index contributed by atoms with van der Waals surface area (Å²) in [5, 5.41) is 0.0295. The quantitative estimate of drug-likeness (QED) is 0.646. The van der Waals surface area contributed by atoms with Gasteiger partial charge < -0.3 is 4.42 Å². The molecule has 0 radical (unpaired) electrons. The van der Waals surface area contributed by atoms with Crippen molar-refractivity contribution in [2.75, 3.05) is 0 Å². The number of nitrogens with one attached hydrogen (secondary N) is 1. The monoisotopic (exact) mass is 170 g/mol. The maximum atomic E-state index is 10.7. The van der Waals surface area contributed by atoms with Crippen LogP contribution in [0.5, 0.6) is 0 Å². The summed E-state index contributed by atoms with van der Waals surface area (Å²) in [6.07, 6.45) is 0. The summed E-state index contributed by atoms with van der Waals surface area (Å²) in [7, 11) is 0. The molecular formula is C6H3ClN2O2. The summed E-state index contributed by atoms with van der Waals surface area (Å²) in [6.45, 7) is 0. The van der Waals surface area contributed by atoms with Crippen LogP contribution in [0, 0.1) is 0 Å². The molecule has 0 atom stereocenters. The molecule has 0 spiro atoms. The van der Waals surface area contributed by atoms with E-state index >= 15 is 0 Å². The zero-order valence-electron chi connectivity index (χ0n) is 5.30. The first-order valence-corrected chi connectivity index (χ1v) is 3.29. The second kappa shape index (κ2) is 2.10. The largest absolute Gasteiger partial charge is 0.410 e. The fourth-order valence-electron chi connectivity index (χ4n) is 0.815. The lowest BCUT2D eigenvalue weighted by atomic mass is 10.4. The van der Waals surface area contributed by atoms with Crippen molar-refractivity contribution in [3.05, 3.63) is 27.8 Å². The van der Waals surface area contributed by atoms with E-state index in [9.17, 15) is 4.79 Å². The van der Waals surface area contributed by atoms with E-state index in [1.165, 1.54) is 6.07 Å². The maximum absolute atomic E-state index is 10.7. The lowest BCUT2D eigenvalue weighted by Gasteiger charge is -1.81. The zero-order valence-corrected chi connectivity index (χ0v) is 6.05. The van der Waals surface area contributed by atoms with Crippen LogP contribution in [-0.2, 0) is 0 Å². The summed E-state index contributed by atoms with van der Waals surface area (Å²) in [5.74, 6) is 0. The SMILES string of the molecule is O=c1ccc2nc(Cl)oc2[nH]1. The van der Waals surface area contributed by atoms with Gasteiger partial charge in [-0.3, -0.25) is 9.78 Å². The Kier molecular flexibility index (Phi) is 1.22. The summed E-state index contributed by atoms with van der Waals surface area (Å²) >= 11 is 5.44. The van der Waals surface area contributed by atoms with E-state index in [1.54, 1.807) is 6.07 Å². The third-order valence-electron chi connectivity index (χ3n) is 1.26. The molecule has 0 fully saturated rings. The molecule has 0 amide bonds. The third kappa shape index (κ3) is 1.01. The highest BCUT2D eigenvalue weighted by molar-refractivity contribution is 6.28. The van der Waals surface area contributed by atoms with Crippen molar-refractivity contribution in [2.45, 2.75) is 0 Å². The van der Waals surface area contributed by atoms with Gasteiger partial charge in [0, 0.05) is 6.07 Å². The Morgan fingerprint density at radius 3 is 3.18 bits per heavy atom. The van der Waals surface area contributed by atoms with Crippen molar-refractivity contribution in [3.63, 3.8) is 0 Å². The van der Waals surface area contributed by atoms with Crippen molar-refractivity contribution in [2.24, 2.45) is 0 Å². The van der Waals surface area contributed by atoms with Gasteiger partial charge in [-0.1, -0.05) is 0 Å². The van der Waals surface area contributed by atoms with E-state index in [-0.39, 0.29) is 10.9 Å². The average molecular weight is 171 g/mol. The van der Waals surface area contributed by atoms with Gasteiger partial charge >= 0.3 is 0 Å². The van der Waals surface area contributed by atoms with Gasteiger partial charge in [-0.15, -0.1) is 0 Å². The number of halogens is 1. The molecule has 56 valence electrons. The van der Waals surface area contributed by atoms with Crippen LogP contribution in [-0.4, -0.2) is 9.97 Å². The van der Waals surface area contributed by atoms with Gasteiger partial charge in [0.1, 0.15) is 5.52 Å². The Balaban J connectivity index is 2.92. The first kappa shape index (κ1) is 6.42. The van der Waals surface area contributed by atoms with E-state index < -0.39 is 0 Å². The van der Waals surface area contributed by atoms with Crippen LogP contribution < -0.4 is 5.56 Å². The molecule has 2 heterocycles. The van der Waals surface area contributed by atoms with Gasteiger partial charge in [-0.25, -0.2) is 0 Å². The smallest absolute Gasteiger partial charge is 0.294 e. The van der Waals surface area contributed by atoms with Crippen LogP contribution in [0.3, 0.4) is 0 Å². The van der Waals surface area contributed by atoms with Crippen molar-refractivity contribution >= 4 is 22.8 Å². The first-order valence-electron chi connectivity index (χ1n) is 2.91. The number of hydrogen-bond acceptors (Lipinski definition) is 3. The first-order chi connectivity index (χ1) is 5.25. The summed E-state index contributed by atoms with van der Waals surface area (Å²) in [5.41, 5.74) is 0.627. The van der Waals surface area contributed by atoms with Gasteiger partial charge in [0.05, 0.1) is 0 Å². The van der Waals surface area contributed by atoms with Crippen molar-refractivity contribution in [1.29, 1.82) is 0 Å². The predicted octanol–water partition coefficient (Wildman–Crippen LogP) is 1.17. The Morgan fingerprint density at radius 1 is 1.55 bits per heavy atom. The molecule has 0 aliphatic rings. The van der Waals surface area contributed by atoms with Gasteiger partial charge in [-0.05, 0) is 17.7 Å². The number of rotatable bonds is 0. The Labute approximate surface area is 65.8 Å². The maximum Gasteiger partial charge on any atom is 0.294 e. The molecule has 0 saturated heterocycles. The van der Waals surface area contributed by atoms with Crippen LogP contribution in [0.25, 0.3) is 11.2 Å². The van der Waals surface area contributed by atoms with Gasteiger partial charge in [-0.2, -0.15) is 4.98 Å². The lowest BCUT2D eigenvalue weighted by molar-refractivity contribution is 0.592. The van der Waals surface area contributed by atoms with Crippen LogP contribution in [0.4, 0.5) is 0 Å². The number of aromatic amines is 1. The normalized spacial score (nSPS) is 10.6. The highest BCUT2D eigenvalue weighted by Gasteiger charge is 2.01. The summed E-state index contributed by atoms with van der Waals surface area (Å²) < 4.78 is 4.85. The predicted molar refractivity (Wildman–Crippen MR) is 39.6 cm³/mol. The molecule has 0 aromatic carbocycles. The van der Waals surface area contributed by atoms with Crippen molar-refractivity contribution < 1.29 is 4.42 Å². The van der Waals surface area contributed by atoms with Crippen molar-refractivity contribution in [3.8, 4) is 0 Å². The molecule has 0 aliphatic carbocycles. The number of nitrogens with zero attached hydrogens (tertiary/aromatic N) is 1. The molecule has 0 bridgehead atoms. The lowest BCUT2D eigenvalue weighted by Crippen LogP contribution is -2.00. The standard InChI is InChI=1S/C6H3ClN2O2/c7-6-8-3-1-2-4(10)9-5(3)11-6/h1-2H,(H,9,10). The van der Waals surface area contributed by atoms with Crippen LogP contribution in [0.15, 0.2) is 21.3 Å². The second-order valence-corrected chi connectivity index (χ2v) is 2.33. The molecule has 2 aromatic heterocycles. The molecule has 11 heavy (non-hydrogen) atoms. The van der Waals surface area contributed by atoms with Crippen molar-refractivity contribution in [1.82, 2.24) is 9.97 Å². The molecule has 5 heteroatoms. The summed E-state index contributed by atoms with van der Waals surface area (Å²) in [4.78, 5) is 16.9. The van der Waals surface area contributed by atoms with Gasteiger partial charge in [0.25, 0.3) is 10.9 Å².